The Morgan fingerprint density at radius 3 is 2.52 bits per heavy atom. The number of ether oxygens (including phenoxy) is 2. The molecule has 0 spiro atoms. The fourth-order valence-corrected chi connectivity index (χ4v) is 4.18. The van der Waals surface area contributed by atoms with Gasteiger partial charge in [-0.05, 0) is 35.9 Å². The maximum Gasteiger partial charge on any atom is 0.254 e. The van der Waals surface area contributed by atoms with Crippen LogP contribution in [0.3, 0.4) is 0 Å². The molecule has 0 saturated carbocycles. The maximum atomic E-state index is 13.2. The van der Waals surface area contributed by atoms with Gasteiger partial charge < -0.3 is 14.4 Å². The Hall–Kier alpha value is -2.49. The van der Waals surface area contributed by atoms with Crippen LogP contribution in [0.25, 0.3) is 0 Å². The van der Waals surface area contributed by atoms with E-state index in [2.05, 4.69) is 0 Å². The summed E-state index contributed by atoms with van der Waals surface area (Å²) in [6, 6.07) is 10.3. The fraction of sp³-hybridized carbons (Fsp3) is 0.350. The summed E-state index contributed by atoms with van der Waals surface area (Å²) in [6.07, 6.45) is -0.378. The van der Waals surface area contributed by atoms with Gasteiger partial charge in [0, 0.05) is 26.2 Å². The number of carbonyl (C=O) groups excluding carboxylic acids is 1. The number of hydrogen-bond acceptors (Lipinski definition) is 5. The summed E-state index contributed by atoms with van der Waals surface area (Å²) in [6.45, 7) is 0.984. The number of nitrogens with zero attached hydrogens (tertiary/aromatic N) is 2. The summed E-state index contributed by atoms with van der Waals surface area (Å²) in [7, 11) is 0.419. The number of benzene rings is 2. The second-order valence-electron chi connectivity index (χ2n) is 6.82. The van der Waals surface area contributed by atoms with Gasteiger partial charge in [-0.25, -0.2) is 17.1 Å². The van der Waals surface area contributed by atoms with E-state index in [1.165, 1.54) is 51.5 Å². The van der Waals surface area contributed by atoms with E-state index in [1.807, 2.05) is 0 Å². The number of sulfonamides is 1. The Labute approximate surface area is 169 Å². The summed E-state index contributed by atoms with van der Waals surface area (Å²) in [5.41, 5.74) is 1.01. The molecule has 0 radical (unpaired) electrons. The molecule has 0 bridgehead atoms. The van der Waals surface area contributed by atoms with Crippen LogP contribution < -0.4 is 4.74 Å². The quantitative estimate of drug-likeness (QED) is 0.739. The average Bonchev–Trinajstić information content (AvgIpc) is 2.73. The van der Waals surface area contributed by atoms with Crippen molar-refractivity contribution >= 4 is 15.9 Å². The summed E-state index contributed by atoms with van der Waals surface area (Å²) in [4.78, 5) is 14.6. The number of carbonyl (C=O) groups is 1. The molecule has 0 aromatic heterocycles. The Balaban J connectivity index is 1.87. The normalized spacial score (nSPS) is 17.4. The average molecular weight is 422 g/mol. The second kappa shape index (κ2) is 8.48. The summed E-state index contributed by atoms with van der Waals surface area (Å²) in [5, 5.41) is 0. The third-order valence-electron chi connectivity index (χ3n) is 4.76. The van der Waals surface area contributed by atoms with E-state index in [4.69, 9.17) is 9.47 Å². The molecule has 2 aromatic carbocycles. The van der Waals surface area contributed by atoms with Crippen molar-refractivity contribution in [3.8, 4) is 5.75 Å². The van der Waals surface area contributed by atoms with Gasteiger partial charge in [-0.2, -0.15) is 0 Å². The highest BCUT2D eigenvalue weighted by Crippen LogP contribution is 2.29. The number of amides is 1. The first-order chi connectivity index (χ1) is 13.7. The van der Waals surface area contributed by atoms with Crippen LogP contribution in [0.4, 0.5) is 4.39 Å². The molecule has 9 heteroatoms. The smallest absolute Gasteiger partial charge is 0.254 e. The summed E-state index contributed by atoms with van der Waals surface area (Å²) >= 11 is 0. The number of hydrogen-bond donors (Lipinski definition) is 0. The standard InChI is InChI=1S/C20H23FN2O5S/c1-22(2)29(25,26)19-12-15(6-9-17(19)27-3)20(24)23-10-11-28-18(13-23)14-4-7-16(21)8-5-14/h4-9,12,18H,10-11,13H2,1-3H3. The molecule has 2 aromatic rings. The fourth-order valence-electron chi connectivity index (χ4n) is 3.10. The van der Waals surface area contributed by atoms with Crippen molar-refractivity contribution in [3.05, 3.63) is 59.4 Å². The molecule has 3 rings (SSSR count). The van der Waals surface area contributed by atoms with Crippen LogP contribution in [-0.2, 0) is 14.8 Å². The van der Waals surface area contributed by atoms with Gasteiger partial charge >= 0.3 is 0 Å². The van der Waals surface area contributed by atoms with Gasteiger partial charge in [0.15, 0.2) is 0 Å². The molecule has 0 aliphatic carbocycles. The Morgan fingerprint density at radius 1 is 1.21 bits per heavy atom. The van der Waals surface area contributed by atoms with E-state index in [9.17, 15) is 17.6 Å². The Morgan fingerprint density at radius 2 is 1.90 bits per heavy atom. The molecule has 1 saturated heterocycles. The van der Waals surface area contributed by atoms with Gasteiger partial charge in [0.05, 0.1) is 20.3 Å². The molecule has 1 aliphatic heterocycles. The van der Waals surface area contributed by atoms with E-state index in [0.717, 1.165) is 9.87 Å². The van der Waals surface area contributed by atoms with E-state index in [-0.39, 0.29) is 40.6 Å². The number of rotatable bonds is 5. The molecule has 29 heavy (non-hydrogen) atoms. The van der Waals surface area contributed by atoms with Crippen molar-refractivity contribution in [1.82, 2.24) is 9.21 Å². The number of halogens is 1. The van der Waals surface area contributed by atoms with Crippen molar-refractivity contribution in [1.29, 1.82) is 0 Å². The molecule has 1 amide bonds. The first kappa shape index (κ1) is 21.2. The summed E-state index contributed by atoms with van der Waals surface area (Å²) in [5.74, 6) is -0.481. The van der Waals surface area contributed by atoms with Gasteiger partial charge in [0.25, 0.3) is 5.91 Å². The lowest BCUT2D eigenvalue weighted by Gasteiger charge is -2.33. The predicted molar refractivity (Wildman–Crippen MR) is 105 cm³/mol. The lowest BCUT2D eigenvalue weighted by molar-refractivity contribution is -0.0228. The first-order valence-electron chi connectivity index (χ1n) is 9.01. The van der Waals surface area contributed by atoms with Gasteiger partial charge in [0.1, 0.15) is 22.6 Å². The molecule has 7 nitrogen and oxygen atoms in total. The molecular weight excluding hydrogens is 399 g/mol. The van der Waals surface area contributed by atoms with E-state index >= 15 is 0 Å². The van der Waals surface area contributed by atoms with Crippen LogP contribution in [0.1, 0.15) is 22.0 Å². The second-order valence-corrected chi connectivity index (χ2v) is 8.94. The molecule has 1 aliphatic rings. The van der Waals surface area contributed by atoms with E-state index < -0.39 is 10.0 Å². The topological polar surface area (TPSA) is 76.1 Å². The van der Waals surface area contributed by atoms with Gasteiger partial charge in [-0.3, -0.25) is 4.79 Å². The highest BCUT2D eigenvalue weighted by molar-refractivity contribution is 7.89. The molecular formula is C20H23FN2O5S. The van der Waals surface area contributed by atoms with E-state index in [1.54, 1.807) is 17.0 Å². The van der Waals surface area contributed by atoms with Gasteiger partial charge in [-0.15, -0.1) is 0 Å². The van der Waals surface area contributed by atoms with Crippen molar-refractivity contribution in [2.24, 2.45) is 0 Å². The van der Waals surface area contributed by atoms with Crippen LogP contribution in [0.2, 0.25) is 0 Å². The zero-order valence-corrected chi connectivity index (χ0v) is 17.3. The molecule has 1 heterocycles. The minimum Gasteiger partial charge on any atom is -0.495 e. The highest BCUT2D eigenvalue weighted by Gasteiger charge is 2.29. The van der Waals surface area contributed by atoms with Crippen LogP contribution in [0.5, 0.6) is 5.75 Å². The summed E-state index contributed by atoms with van der Waals surface area (Å²) < 4.78 is 50.3. The lowest BCUT2D eigenvalue weighted by Crippen LogP contribution is -2.42. The maximum absolute atomic E-state index is 13.2. The third kappa shape index (κ3) is 4.42. The molecule has 1 unspecified atom stereocenters. The van der Waals surface area contributed by atoms with Crippen molar-refractivity contribution < 1.29 is 27.1 Å². The van der Waals surface area contributed by atoms with Crippen molar-refractivity contribution in [2.75, 3.05) is 40.9 Å². The third-order valence-corrected chi connectivity index (χ3v) is 6.60. The monoisotopic (exact) mass is 422 g/mol. The number of morpholine rings is 1. The Bertz CT molecular complexity index is 992. The lowest BCUT2D eigenvalue weighted by atomic mass is 10.1. The molecule has 1 atom stereocenters. The zero-order chi connectivity index (χ0) is 21.2. The molecule has 156 valence electrons. The highest BCUT2D eigenvalue weighted by atomic mass is 32.2. The predicted octanol–water partition coefficient (Wildman–Crippen LogP) is 2.30. The van der Waals surface area contributed by atoms with Crippen LogP contribution in [0, 0.1) is 5.82 Å². The molecule has 1 fully saturated rings. The zero-order valence-electron chi connectivity index (χ0n) is 16.5. The van der Waals surface area contributed by atoms with Crippen LogP contribution in [-0.4, -0.2) is 64.4 Å². The minimum absolute atomic E-state index is 0.0702. The Kier molecular flexibility index (Phi) is 6.21. The minimum atomic E-state index is -3.79. The molecule has 0 N–H and O–H groups in total. The van der Waals surface area contributed by atoms with Crippen molar-refractivity contribution in [3.63, 3.8) is 0 Å². The van der Waals surface area contributed by atoms with Crippen LogP contribution >= 0.6 is 0 Å². The largest absolute Gasteiger partial charge is 0.495 e. The van der Waals surface area contributed by atoms with Crippen LogP contribution in [0.15, 0.2) is 47.4 Å². The SMILES string of the molecule is COc1ccc(C(=O)N2CCOC(c3ccc(F)cc3)C2)cc1S(=O)(=O)N(C)C. The van der Waals surface area contributed by atoms with Crippen molar-refractivity contribution in [2.45, 2.75) is 11.0 Å². The van der Waals surface area contributed by atoms with E-state index in [0.29, 0.717) is 13.2 Å². The number of methoxy groups -OCH3 is 1. The van der Waals surface area contributed by atoms with Gasteiger partial charge in [-0.1, -0.05) is 12.1 Å². The van der Waals surface area contributed by atoms with Gasteiger partial charge in [0.2, 0.25) is 10.0 Å². The first-order valence-corrected chi connectivity index (χ1v) is 10.4.